The maximum absolute atomic E-state index is 14.0. The highest BCUT2D eigenvalue weighted by atomic mass is 19.1. The van der Waals surface area contributed by atoms with E-state index in [0.29, 0.717) is 22.8 Å². The van der Waals surface area contributed by atoms with E-state index in [0.717, 1.165) is 0 Å². The number of nitrogens with zero attached hydrogens (tertiary/aromatic N) is 3. The van der Waals surface area contributed by atoms with Crippen LogP contribution in [-0.2, 0) is 6.54 Å². The zero-order valence-corrected chi connectivity index (χ0v) is 13.9. The molecule has 0 aliphatic rings. The number of urea groups is 1. The van der Waals surface area contributed by atoms with Crippen molar-refractivity contribution < 1.29 is 13.9 Å². The molecule has 0 bridgehead atoms. The number of fused-ring (bicyclic) bond motifs is 1. The molecule has 2 aromatic heterocycles. The quantitative estimate of drug-likeness (QED) is 0.746. The number of pyridine rings is 1. The third kappa shape index (κ3) is 3.52. The number of hydrogen-bond donors (Lipinski definition) is 2. The number of aromatic nitrogens is 3. The van der Waals surface area contributed by atoms with Crippen LogP contribution in [0.5, 0.6) is 5.75 Å². The fraction of sp³-hybridized carbons (Fsp3) is 0.235. The molecule has 0 saturated heterocycles. The maximum Gasteiger partial charge on any atom is 0.315 e. The zero-order valence-electron chi connectivity index (χ0n) is 13.9. The topological polar surface area (TPSA) is 80.5 Å². The largest absolute Gasteiger partial charge is 0.496 e. The number of methoxy groups -OCH3 is 1. The summed E-state index contributed by atoms with van der Waals surface area (Å²) in [6.45, 7) is 1.88. The first kappa shape index (κ1) is 16.7. The molecule has 1 aromatic carbocycles. The number of benzene rings is 1. The van der Waals surface area contributed by atoms with Crippen LogP contribution >= 0.6 is 0 Å². The van der Waals surface area contributed by atoms with Gasteiger partial charge in [0.15, 0.2) is 11.5 Å². The third-order valence-corrected chi connectivity index (χ3v) is 3.80. The molecule has 0 radical (unpaired) electrons. The molecular weight excluding hydrogens is 325 g/mol. The Morgan fingerprint density at radius 3 is 2.92 bits per heavy atom. The minimum absolute atomic E-state index is 0.193. The lowest BCUT2D eigenvalue weighted by atomic mass is 10.1. The molecule has 0 fully saturated rings. The van der Waals surface area contributed by atoms with Crippen molar-refractivity contribution in [3.8, 4) is 5.75 Å². The lowest BCUT2D eigenvalue weighted by Gasteiger charge is -2.18. The second kappa shape index (κ2) is 7.16. The van der Waals surface area contributed by atoms with Gasteiger partial charge in [-0.15, -0.1) is 10.2 Å². The fourth-order valence-electron chi connectivity index (χ4n) is 2.61. The van der Waals surface area contributed by atoms with E-state index in [-0.39, 0.29) is 6.54 Å². The number of ether oxygens (including phenoxy) is 1. The second-order valence-corrected chi connectivity index (χ2v) is 5.45. The predicted octanol–water partition coefficient (Wildman–Crippen LogP) is 2.44. The summed E-state index contributed by atoms with van der Waals surface area (Å²) in [7, 11) is 1.46. The van der Waals surface area contributed by atoms with E-state index in [1.807, 2.05) is 24.4 Å². The molecule has 0 aliphatic heterocycles. The summed E-state index contributed by atoms with van der Waals surface area (Å²) in [5.41, 5.74) is 0.997. The number of rotatable bonds is 5. The SMILES string of the molecule is COc1cccc(F)c1C(C)NC(=O)NCc1nnc2ccccn12. The highest BCUT2D eigenvalue weighted by Crippen LogP contribution is 2.27. The van der Waals surface area contributed by atoms with Gasteiger partial charge in [0.1, 0.15) is 11.6 Å². The maximum atomic E-state index is 14.0. The van der Waals surface area contributed by atoms with E-state index < -0.39 is 17.9 Å². The summed E-state index contributed by atoms with van der Waals surface area (Å²) < 4.78 is 21.0. The second-order valence-electron chi connectivity index (χ2n) is 5.45. The minimum atomic E-state index is -0.564. The molecule has 25 heavy (non-hydrogen) atoms. The van der Waals surface area contributed by atoms with Gasteiger partial charge < -0.3 is 15.4 Å². The molecule has 7 nitrogen and oxygen atoms in total. The first-order valence-electron chi connectivity index (χ1n) is 7.75. The molecule has 1 unspecified atom stereocenters. The Bertz CT molecular complexity index is 896. The highest BCUT2D eigenvalue weighted by molar-refractivity contribution is 5.74. The lowest BCUT2D eigenvalue weighted by molar-refractivity contribution is 0.236. The number of carbonyl (C=O) groups is 1. The Morgan fingerprint density at radius 1 is 1.28 bits per heavy atom. The molecule has 2 N–H and O–H groups in total. The Hall–Kier alpha value is -3.16. The third-order valence-electron chi connectivity index (χ3n) is 3.80. The van der Waals surface area contributed by atoms with Gasteiger partial charge in [0, 0.05) is 6.20 Å². The van der Waals surface area contributed by atoms with Gasteiger partial charge in [-0.25, -0.2) is 9.18 Å². The number of halogens is 1. The van der Waals surface area contributed by atoms with Crippen LogP contribution in [0.3, 0.4) is 0 Å². The number of hydrogen-bond acceptors (Lipinski definition) is 4. The van der Waals surface area contributed by atoms with Gasteiger partial charge in [-0.2, -0.15) is 0 Å². The molecule has 130 valence electrons. The van der Waals surface area contributed by atoms with Gasteiger partial charge in [-0.3, -0.25) is 4.40 Å². The Balaban J connectivity index is 1.65. The van der Waals surface area contributed by atoms with Crippen LogP contribution in [0.15, 0.2) is 42.6 Å². The average Bonchev–Trinajstić information content (AvgIpc) is 3.02. The molecule has 8 heteroatoms. The van der Waals surface area contributed by atoms with Crippen molar-refractivity contribution in [1.82, 2.24) is 25.2 Å². The molecule has 3 aromatic rings. The lowest BCUT2D eigenvalue weighted by Crippen LogP contribution is -2.37. The van der Waals surface area contributed by atoms with Crippen molar-refractivity contribution in [2.75, 3.05) is 7.11 Å². The van der Waals surface area contributed by atoms with Gasteiger partial charge >= 0.3 is 6.03 Å². The number of carbonyl (C=O) groups excluding carboxylic acids is 1. The van der Waals surface area contributed by atoms with Crippen molar-refractivity contribution in [2.45, 2.75) is 19.5 Å². The molecule has 0 saturated carbocycles. The van der Waals surface area contributed by atoms with Crippen LogP contribution in [0.1, 0.15) is 24.4 Å². The van der Waals surface area contributed by atoms with E-state index in [9.17, 15) is 9.18 Å². The van der Waals surface area contributed by atoms with E-state index in [1.54, 1.807) is 23.5 Å². The average molecular weight is 343 g/mol. The van der Waals surface area contributed by atoms with E-state index in [4.69, 9.17) is 4.74 Å². The highest BCUT2D eigenvalue weighted by Gasteiger charge is 2.18. The van der Waals surface area contributed by atoms with Gasteiger partial charge in [0.25, 0.3) is 0 Å². The summed E-state index contributed by atoms with van der Waals surface area (Å²) >= 11 is 0. The molecule has 0 spiro atoms. The summed E-state index contributed by atoms with van der Waals surface area (Å²) in [5.74, 6) is 0.550. The monoisotopic (exact) mass is 343 g/mol. The van der Waals surface area contributed by atoms with Crippen molar-refractivity contribution in [1.29, 1.82) is 0 Å². The van der Waals surface area contributed by atoms with Crippen molar-refractivity contribution in [2.24, 2.45) is 0 Å². The first-order chi connectivity index (χ1) is 12.1. The molecule has 2 heterocycles. The van der Waals surface area contributed by atoms with Crippen LogP contribution < -0.4 is 15.4 Å². The standard InChI is InChI=1S/C17H18FN5O2/c1-11(16-12(18)6-5-7-13(16)25-2)20-17(24)19-10-15-22-21-14-8-3-4-9-23(14)15/h3-9,11H,10H2,1-2H3,(H2,19,20,24). The summed E-state index contributed by atoms with van der Waals surface area (Å²) in [4.78, 5) is 12.1. The predicted molar refractivity (Wildman–Crippen MR) is 89.7 cm³/mol. The molecule has 0 aliphatic carbocycles. The van der Waals surface area contributed by atoms with Gasteiger partial charge in [-0.05, 0) is 31.2 Å². The van der Waals surface area contributed by atoms with Crippen molar-refractivity contribution in [3.05, 3.63) is 59.8 Å². The molecule has 3 rings (SSSR count). The first-order valence-corrected chi connectivity index (χ1v) is 7.75. The van der Waals surface area contributed by atoms with Gasteiger partial charge in [0.05, 0.1) is 25.3 Å². The van der Waals surface area contributed by atoms with E-state index in [1.165, 1.54) is 13.2 Å². The molecular formula is C17H18FN5O2. The Labute approximate surface area is 143 Å². The van der Waals surface area contributed by atoms with Gasteiger partial charge in [0.2, 0.25) is 0 Å². The fourth-order valence-corrected chi connectivity index (χ4v) is 2.61. The Morgan fingerprint density at radius 2 is 2.12 bits per heavy atom. The van der Waals surface area contributed by atoms with Crippen LogP contribution in [-0.4, -0.2) is 27.7 Å². The van der Waals surface area contributed by atoms with Crippen LogP contribution in [0, 0.1) is 5.82 Å². The number of nitrogens with one attached hydrogen (secondary N) is 2. The van der Waals surface area contributed by atoms with Crippen molar-refractivity contribution in [3.63, 3.8) is 0 Å². The molecule has 1 atom stereocenters. The number of amides is 2. The van der Waals surface area contributed by atoms with Crippen LogP contribution in [0.4, 0.5) is 9.18 Å². The van der Waals surface area contributed by atoms with E-state index >= 15 is 0 Å². The normalized spacial score (nSPS) is 12.0. The van der Waals surface area contributed by atoms with Gasteiger partial charge in [-0.1, -0.05) is 12.1 Å². The molecule has 2 amide bonds. The smallest absolute Gasteiger partial charge is 0.315 e. The van der Waals surface area contributed by atoms with Crippen molar-refractivity contribution >= 4 is 11.7 Å². The summed E-state index contributed by atoms with van der Waals surface area (Å²) in [6, 6.07) is 9.07. The summed E-state index contributed by atoms with van der Waals surface area (Å²) in [5, 5.41) is 13.4. The zero-order chi connectivity index (χ0) is 17.8. The minimum Gasteiger partial charge on any atom is -0.496 e. The summed E-state index contributed by atoms with van der Waals surface area (Å²) in [6.07, 6.45) is 1.82. The van der Waals surface area contributed by atoms with Crippen LogP contribution in [0.25, 0.3) is 5.65 Å². The Kier molecular flexibility index (Phi) is 4.78. The van der Waals surface area contributed by atoms with Crippen LogP contribution in [0.2, 0.25) is 0 Å². The van der Waals surface area contributed by atoms with E-state index in [2.05, 4.69) is 20.8 Å².